The van der Waals surface area contributed by atoms with Crippen molar-refractivity contribution >= 4 is 12.2 Å². The summed E-state index contributed by atoms with van der Waals surface area (Å²) in [6, 6.07) is 0.587. The van der Waals surface area contributed by atoms with Crippen molar-refractivity contribution in [2.45, 2.75) is 0 Å². The van der Waals surface area contributed by atoms with Gasteiger partial charge in [-0.25, -0.2) is 0 Å². The Kier molecular flexibility index (Phi) is 5.39. The molecule has 1 aromatic heterocycles. The van der Waals surface area contributed by atoms with Gasteiger partial charge in [0, 0.05) is 0 Å². The van der Waals surface area contributed by atoms with E-state index in [9.17, 15) is 0 Å². The Morgan fingerprint density at radius 3 is 2.00 bits per heavy atom. The molecule has 0 unspecified atom stereocenters. The Balaban J connectivity index is 0. The second kappa shape index (κ2) is 5.47. The van der Waals surface area contributed by atoms with Crippen molar-refractivity contribution in [3.63, 3.8) is 0 Å². The molecule has 1 heterocycles. The van der Waals surface area contributed by atoms with E-state index in [1.54, 1.807) is 0 Å². The molecule has 1 rings (SSSR count). The van der Waals surface area contributed by atoms with E-state index in [2.05, 4.69) is 15.0 Å². The maximum Gasteiger partial charge on any atom is 1.00 e. The first kappa shape index (κ1) is 11.8. The molecule has 62 valence electrons. The molecule has 0 aliphatic carbocycles. The molecule has 0 aliphatic rings. The van der Waals surface area contributed by atoms with Crippen molar-refractivity contribution in [2.75, 3.05) is 14.2 Å². The van der Waals surface area contributed by atoms with Crippen LogP contribution in [0.2, 0.25) is 0 Å². The molecule has 1 N–H and O–H groups in total. The van der Waals surface area contributed by atoms with Crippen LogP contribution >= 0.6 is 12.2 Å². The molecule has 0 amide bonds. The van der Waals surface area contributed by atoms with Crippen molar-refractivity contribution in [1.82, 2.24) is 15.0 Å². The fourth-order valence-electron chi connectivity index (χ4n) is 0.539. The van der Waals surface area contributed by atoms with Crippen molar-refractivity contribution in [2.24, 2.45) is 0 Å². The number of nitrogens with zero attached hydrogens (tertiary/aromatic N) is 2. The van der Waals surface area contributed by atoms with E-state index in [0.717, 1.165) is 0 Å². The van der Waals surface area contributed by atoms with Crippen LogP contribution in [0.4, 0.5) is 0 Å². The molecule has 12 heavy (non-hydrogen) atoms. The first-order chi connectivity index (χ1) is 5.26. The van der Waals surface area contributed by atoms with E-state index in [-0.39, 0.29) is 35.8 Å². The van der Waals surface area contributed by atoms with E-state index >= 15 is 0 Å². The number of methoxy groups -OCH3 is 2. The Morgan fingerprint density at radius 1 is 1.25 bits per heavy atom. The molecule has 0 aliphatic heterocycles. The Bertz CT molecular complexity index is 283. The first-order valence-corrected chi connectivity index (χ1v) is 3.23. The van der Waals surface area contributed by atoms with Crippen LogP contribution in [0, 0.1) is 4.77 Å². The molecule has 0 saturated heterocycles. The number of rotatable bonds is 2. The summed E-state index contributed by atoms with van der Waals surface area (Å²) in [6.07, 6.45) is 0. The van der Waals surface area contributed by atoms with Gasteiger partial charge in [0.05, 0.1) is 14.2 Å². The van der Waals surface area contributed by atoms with Crippen LogP contribution in [0.3, 0.4) is 0 Å². The molecule has 0 fully saturated rings. The van der Waals surface area contributed by atoms with Crippen molar-refractivity contribution in [1.29, 1.82) is 0 Å². The fourth-order valence-corrected chi connectivity index (χ4v) is 0.705. The largest absolute Gasteiger partial charge is 1.00 e. The summed E-state index contributed by atoms with van der Waals surface area (Å²) in [7, 11) is 2.96. The molecule has 0 radical (unpaired) electrons. The van der Waals surface area contributed by atoms with Crippen LogP contribution in [0.25, 0.3) is 0 Å². The molecule has 0 aromatic carbocycles. The second-order valence-electron chi connectivity index (χ2n) is 1.65. The van der Waals surface area contributed by atoms with E-state index in [0.29, 0.717) is 12.0 Å². The minimum Gasteiger partial charge on any atom is -1.00 e. The number of H-pyrrole nitrogens is 1. The summed E-state index contributed by atoms with van der Waals surface area (Å²) >= 11 is 4.72. The van der Waals surface area contributed by atoms with Gasteiger partial charge in [0.15, 0.2) is 0 Å². The zero-order chi connectivity index (χ0) is 8.27. The minimum absolute atomic E-state index is 0. The smallest absolute Gasteiger partial charge is 1.00 e. The number of ether oxygens (including phenoxy) is 2. The summed E-state index contributed by atoms with van der Waals surface area (Å²) in [6.45, 7) is 0. The number of aromatic amines is 1. The summed E-state index contributed by atoms with van der Waals surface area (Å²) in [4.78, 5) is 10.1. The Hall–Kier alpha value is -0.170. The van der Waals surface area contributed by atoms with E-state index in [4.69, 9.17) is 21.7 Å². The molecule has 0 bridgehead atoms. The standard InChI is InChI=1S/C5H7N3O2S.Na.H/c1-9-3-6-4(10-2)8-5(11)7-3;;/h1-2H3,(H,6,7,8,11);;/q;+1;-1. The van der Waals surface area contributed by atoms with Gasteiger partial charge in [-0.1, -0.05) is 0 Å². The summed E-state index contributed by atoms with van der Waals surface area (Å²) in [5.74, 6) is 0. The average molecular weight is 197 g/mol. The van der Waals surface area contributed by atoms with Crippen molar-refractivity contribution < 1.29 is 40.5 Å². The predicted molar refractivity (Wildman–Crippen MR) is 41.4 cm³/mol. The molecule has 5 nitrogen and oxygen atoms in total. The third-order valence-electron chi connectivity index (χ3n) is 0.995. The van der Waals surface area contributed by atoms with Gasteiger partial charge in [-0.2, -0.15) is 9.97 Å². The van der Waals surface area contributed by atoms with Gasteiger partial charge in [-0.3, -0.25) is 4.98 Å². The quantitative estimate of drug-likeness (QED) is 0.425. The van der Waals surface area contributed by atoms with Gasteiger partial charge in [0.2, 0.25) is 4.77 Å². The van der Waals surface area contributed by atoms with Gasteiger partial charge in [0.1, 0.15) is 0 Å². The topological polar surface area (TPSA) is 60.0 Å². The monoisotopic (exact) mass is 197 g/mol. The maximum absolute atomic E-state index is 4.78. The summed E-state index contributed by atoms with van der Waals surface area (Å²) < 4.78 is 9.76. The fraction of sp³-hybridized carbons (Fsp3) is 0.400. The first-order valence-electron chi connectivity index (χ1n) is 2.82. The van der Waals surface area contributed by atoms with Gasteiger partial charge in [-0.05, 0) is 12.2 Å². The van der Waals surface area contributed by atoms with E-state index in [1.165, 1.54) is 14.2 Å². The van der Waals surface area contributed by atoms with Gasteiger partial charge >= 0.3 is 29.6 Å². The molecular formula is C5H8N3NaO2S. The second-order valence-corrected chi connectivity index (χ2v) is 2.01. The van der Waals surface area contributed by atoms with Crippen LogP contribution in [0.5, 0.6) is 12.0 Å². The molecule has 0 spiro atoms. The van der Waals surface area contributed by atoms with E-state index < -0.39 is 0 Å². The van der Waals surface area contributed by atoms with Crippen LogP contribution in [0.15, 0.2) is 0 Å². The average Bonchev–Trinajstić information content (AvgIpc) is 2.03. The van der Waals surface area contributed by atoms with Crippen molar-refractivity contribution in [3.05, 3.63) is 4.77 Å². The van der Waals surface area contributed by atoms with Gasteiger partial charge < -0.3 is 10.9 Å². The van der Waals surface area contributed by atoms with E-state index in [1.807, 2.05) is 0 Å². The van der Waals surface area contributed by atoms with Crippen LogP contribution in [-0.4, -0.2) is 29.2 Å². The third kappa shape index (κ3) is 3.06. The Labute approximate surface area is 98.3 Å². The normalized spacial score (nSPS) is 8.50. The van der Waals surface area contributed by atoms with Gasteiger partial charge in [-0.15, -0.1) is 0 Å². The van der Waals surface area contributed by atoms with Crippen molar-refractivity contribution in [3.8, 4) is 12.0 Å². The molecule has 0 saturated carbocycles. The third-order valence-corrected chi connectivity index (χ3v) is 1.18. The summed E-state index contributed by atoms with van der Waals surface area (Å²) in [5.41, 5.74) is 0. The number of nitrogens with one attached hydrogen (secondary N) is 1. The van der Waals surface area contributed by atoms with Crippen LogP contribution < -0.4 is 39.0 Å². The van der Waals surface area contributed by atoms with Crippen LogP contribution in [0.1, 0.15) is 1.43 Å². The number of hydrogen-bond acceptors (Lipinski definition) is 5. The summed E-state index contributed by atoms with van der Waals surface area (Å²) in [5, 5.41) is 0. The molecule has 1 aromatic rings. The zero-order valence-corrected chi connectivity index (χ0v) is 9.94. The SMILES string of the molecule is COc1nc(=S)nc(OC)[nH]1.[H-].[Na+]. The maximum atomic E-state index is 4.78. The predicted octanol–water partition coefficient (Wildman–Crippen LogP) is -2.33. The Morgan fingerprint density at radius 2 is 1.67 bits per heavy atom. The zero-order valence-electron chi connectivity index (χ0n) is 8.12. The van der Waals surface area contributed by atoms with Crippen LogP contribution in [-0.2, 0) is 0 Å². The van der Waals surface area contributed by atoms with Gasteiger partial charge in [0.25, 0.3) is 12.0 Å². The number of hydrogen-bond donors (Lipinski definition) is 1. The minimum atomic E-state index is 0. The molecule has 7 heteroatoms. The molecular weight excluding hydrogens is 189 g/mol. The molecule has 0 atom stereocenters. The number of aromatic nitrogens is 3.